The van der Waals surface area contributed by atoms with Crippen molar-refractivity contribution in [3.63, 3.8) is 0 Å². The van der Waals surface area contributed by atoms with Gasteiger partial charge in [-0.3, -0.25) is 4.79 Å². The topological polar surface area (TPSA) is 35.5 Å². The van der Waals surface area contributed by atoms with E-state index in [1.807, 2.05) is 0 Å². The van der Waals surface area contributed by atoms with Gasteiger partial charge in [-0.15, -0.1) is 0 Å². The van der Waals surface area contributed by atoms with Crippen LogP contribution >= 0.6 is 11.6 Å². The SMILES string of the molecule is COc1ccc(Cl)cc1OC(C)=O. The molecule has 70 valence electrons. The minimum Gasteiger partial charge on any atom is -0.493 e. The van der Waals surface area contributed by atoms with Gasteiger partial charge >= 0.3 is 5.97 Å². The van der Waals surface area contributed by atoms with Crippen molar-refractivity contribution < 1.29 is 14.3 Å². The minimum absolute atomic E-state index is 0.336. The van der Waals surface area contributed by atoms with E-state index < -0.39 is 5.97 Å². The second-order valence-electron chi connectivity index (χ2n) is 2.39. The van der Waals surface area contributed by atoms with Gasteiger partial charge in [0, 0.05) is 18.0 Å². The van der Waals surface area contributed by atoms with Crippen LogP contribution in [0.4, 0.5) is 0 Å². The molecule has 4 heteroatoms. The van der Waals surface area contributed by atoms with Crippen LogP contribution < -0.4 is 9.47 Å². The molecule has 1 aromatic carbocycles. The van der Waals surface area contributed by atoms with E-state index in [1.165, 1.54) is 20.1 Å². The smallest absolute Gasteiger partial charge is 0.308 e. The molecule has 0 heterocycles. The Morgan fingerprint density at radius 2 is 2.08 bits per heavy atom. The van der Waals surface area contributed by atoms with Gasteiger partial charge in [-0.1, -0.05) is 11.6 Å². The van der Waals surface area contributed by atoms with Gasteiger partial charge in [-0.2, -0.15) is 0 Å². The van der Waals surface area contributed by atoms with Crippen LogP contribution in [-0.4, -0.2) is 13.1 Å². The molecular formula is C9H9ClO3. The summed E-state index contributed by atoms with van der Waals surface area (Å²) in [6.45, 7) is 1.32. The zero-order chi connectivity index (χ0) is 9.84. The van der Waals surface area contributed by atoms with E-state index in [9.17, 15) is 4.79 Å². The highest BCUT2D eigenvalue weighted by Gasteiger charge is 2.06. The van der Waals surface area contributed by atoms with E-state index in [0.29, 0.717) is 16.5 Å². The summed E-state index contributed by atoms with van der Waals surface area (Å²) < 4.78 is 9.83. The number of carbonyl (C=O) groups excluding carboxylic acids is 1. The Hall–Kier alpha value is -1.22. The average Bonchev–Trinajstić information content (AvgIpc) is 2.03. The summed E-state index contributed by atoms with van der Waals surface area (Å²) in [5.41, 5.74) is 0. The molecule has 0 amide bonds. The Labute approximate surface area is 81.2 Å². The van der Waals surface area contributed by atoms with Crippen LogP contribution in [0.25, 0.3) is 0 Å². The first kappa shape index (κ1) is 9.86. The van der Waals surface area contributed by atoms with E-state index in [-0.39, 0.29) is 0 Å². The van der Waals surface area contributed by atoms with Crippen LogP contribution in [0.3, 0.4) is 0 Å². The fourth-order valence-corrected chi connectivity index (χ4v) is 1.05. The van der Waals surface area contributed by atoms with E-state index in [4.69, 9.17) is 21.1 Å². The lowest BCUT2D eigenvalue weighted by Gasteiger charge is -2.07. The second-order valence-corrected chi connectivity index (χ2v) is 2.83. The van der Waals surface area contributed by atoms with Crippen LogP contribution in [0.15, 0.2) is 18.2 Å². The summed E-state index contributed by atoms with van der Waals surface area (Å²) >= 11 is 5.71. The molecule has 0 aliphatic rings. The van der Waals surface area contributed by atoms with Crippen LogP contribution in [0.1, 0.15) is 6.92 Å². The first-order valence-electron chi connectivity index (χ1n) is 3.65. The first-order chi connectivity index (χ1) is 6.13. The Morgan fingerprint density at radius 1 is 1.38 bits per heavy atom. The van der Waals surface area contributed by atoms with Crippen molar-refractivity contribution in [3.05, 3.63) is 23.2 Å². The lowest BCUT2D eigenvalue weighted by Crippen LogP contribution is -2.02. The normalized spacial score (nSPS) is 9.46. The Kier molecular flexibility index (Phi) is 3.14. The predicted octanol–water partition coefficient (Wildman–Crippen LogP) is 2.27. The Balaban J connectivity index is 3.01. The summed E-state index contributed by atoms with van der Waals surface area (Å²) in [6.07, 6.45) is 0. The molecule has 0 aromatic heterocycles. The summed E-state index contributed by atoms with van der Waals surface area (Å²) in [6, 6.07) is 4.83. The van der Waals surface area contributed by atoms with Crippen LogP contribution in [0.5, 0.6) is 11.5 Å². The van der Waals surface area contributed by atoms with E-state index in [0.717, 1.165) is 0 Å². The minimum atomic E-state index is -0.402. The number of hydrogen-bond donors (Lipinski definition) is 0. The van der Waals surface area contributed by atoms with E-state index in [1.54, 1.807) is 12.1 Å². The highest BCUT2D eigenvalue weighted by atomic mass is 35.5. The van der Waals surface area contributed by atoms with Gasteiger partial charge in [0.1, 0.15) is 0 Å². The van der Waals surface area contributed by atoms with Crippen LogP contribution in [0, 0.1) is 0 Å². The number of methoxy groups -OCH3 is 1. The van der Waals surface area contributed by atoms with Crippen molar-refractivity contribution in [2.24, 2.45) is 0 Å². The van der Waals surface area contributed by atoms with Crippen LogP contribution in [-0.2, 0) is 4.79 Å². The molecule has 1 aromatic rings. The van der Waals surface area contributed by atoms with Gasteiger partial charge in [-0.25, -0.2) is 0 Å². The van der Waals surface area contributed by atoms with Gasteiger partial charge in [-0.05, 0) is 12.1 Å². The Bertz CT molecular complexity index is 323. The number of rotatable bonds is 2. The largest absolute Gasteiger partial charge is 0.493 e. The molecule has 0 unspecified atom stereocenters. The fourth-order valence-electron chi connectivity index (χ4n) is 0.885. The number of ether oxygens (including phenoxy) is 2. The number of carbonyl (C=O) groups is 1. The van der Waals surface area contributed by atoms with Gasteiger partial charge in [0.2, 0.25) is 0 Å². The maximum Gasteiger partial charge on any atom is 0.308 e. The molecule has 0 saturated carbocycles. The zero-order valence-electron chi connectivity index (χ0n) is 7.33. The standard InChI is InChI=1S/C9H9ClO3/c1-6(11)13-9-5-7(10)3-4-8(9)12-2/h3-5H,1-2H3. The quantitative estimate of drug-likeness (QED) is 0.543. The molecule has 0 spiro atoms. The van der Waals surface area contributed by atoms with Gasteiger partial charge in [0.25, 0.3) is 0 Å². The summed E-state index contributed by atoms with van der Waals surface area (Å²) in [4.78, 5) is 10.7. The molecule has 0 fully saturated rings. The number of hydrogen-bond acceptors (Lipinski definition) is 3. The molecule has 0 bridgehead atoms. The molecule has 1 rings (SSSR count). The predicted molar refractivity (Wildman–Crippen MR) is 49.3 cm³/mol. The summed E-state index contributed by atoms with van der Waals surface area (Å²) in [5.74, 6) is 0.419. The number of esters is 1. The highest BCUT2D eigenvalue weighted by molar-refractivity contribution is 6.30. The molecule has 0 atom stereocenters. The average molecular weight is 201 g/mol. The second kappa shape index (κ2) is 4.14. The van der Waals surface area contributed by atoms with E-state index in [2.05, 4.69) is 0 Å². The molecular weight excluding hydrogens is 192 g/mol. The third kappa shape index (κ3) is 2.63. The van der Waals surface area contributed by atoms with Gasteiger partial charge in [0.05, 0.1) is 7.11 Å². The molecule has 0 radical (unpaired) electrons. The molecule has 13 heavy (non-hydrogen) atoms. The Morgan fingerprint density at radius 3 is 2.62 bits per heavy atom. The van der Waals surface area contributed by atoms with Gasteiger partial charge < -0.3 is 9.47 Å². The van der Waals surface area contributed by atoms with Crippen molar-refractivity contribution in [1.29, 1.82) is 0 Å². The third-order valence-electron chi connectivity index (χ3n) is 1.38. The van der Waals surface area contributed by atoms with Crippen molar-refractivity contribution in [2.75, 3.05) is 7.11 Å². The third-order valence-corrected chi connectivity index (χ3v) is 1.61. The monoisotopic (exact) mass is 200 g/mol. The number of halogens is 1. The van der Waals surface area contributed by atoms with Crippen molar-refractivity contribution in [3.8, 4) is 11.5 Å². The van der Waals surface area contributed by atoms with Gasteiger partial charge in [0.15, 0.2) is 11.5 Å². The molecule has 3 nitrogen and oxygen atoms in total. The molecule has 0 N–H and O–H groups in total. The molecule has 0 aliphatic heterocycles. The summed E-state index contributed by atoms with van der Waals surface area (Å²) in [5, 5.41) is 0.497. The fraction of sp³-hybridized carbons (Fsp3) is 0.222. The van der Waals surface area contributed by atoms with Crippen LogP contribution in [0.2, 0.25) is 5.02 Å². The van der Waals surface area contributed by atoms with Crippen molar-refractivity contribution in [1.82, 2.24) is 0 Å². The maximum atomic E-state index is 10.7. The zero-order valence-corrected chi connectivity index (χ0v) is 8.09. The lowest BCUT2D eigenvalue weighted by atomic mass is 10.3. The maximum absolute atomic E-state index is 10.7. The van der Waals surface area contributed by atoms with Crippen molar-refractivity contribution in [2.45, 2.75) is 6.92 Å². The molecule has 0 saturated heterocycles. The number of benzene rings is 1. The first-order valence-corrected chi connectivity index (χ1v) is 4.03. The lowest BCUT2D eigenvalue weighted by molar-refractivity contribution is -0.132. The van der Waals surface area contributed by atoms with Crippen molar-refractivity contribution >= 4 is 17.6 Å². The highest BCUT2D eigenvalue weighted by Crippen LogP contribution is 2.29. The van der Waals surface area contributed by atoms with E-state index >= 15 is 0 Å². The molecule has 0 aliphatic carbocycles. The summed E-state index contributed by atoms with van der Waals surface area (Å²) in [7, 11) is 1.50.